The molecule has 0 aliphatic carbocycles. The van der Waals surface area contributed by atoms with E-state index in [-0.39, 0.29) is 6.42 Å². The van der Waals surface area contributed by atoms with Gasteiger partial charge in [0.25, 0.3) is 0 Å². The summed E-state index contributed by atoms with van der Waals surface area (Å²) in [6.07, 6.45) is -6.34. The molecule has 8 heteroatoms. The predicted octanol–water partition coefficient (Wildman–Crippen LogP) is -2.05. The van der Waals surface area contributed by atoms with E-state index in [1.807, 2.05) is 0 Å². The van der Waals surface area contributed by atoms with Gasteiger partial charge in [0.1, 0.15) is 24.9 Å². The van der Waals surface area contributed by atoms with E-state index in [0.717, 1.165) is 6.92 Å². The molecule has 0 fully saturated rings. The highest BCUT2D eigenvalue weighted by Crippen LogP contribution is 2.10. The Bertz CT molecular complexity index is 292. The minimum atomic E-state index is -1.74. The van der Waals surface area contributed by atoms with Gasteiger partial charge in [0.15, 0.2) is 6.10 Å². The van der Waals surface area contributed by atoms with Gasteiger partial charge in [-0.1, -0.05) is 6.92 Å². The molecule has 0 aromatic rings. The Kier molecular flexibility index (Phi) is 8.24. The van der Waals surface area contributed by atoms with Crippen LogP contribution in [0.1, 0.15) is 20.3 Å². The smallest absolute Gasteiger partial charge is 0.305 e. The first-order chi connectivity index (χ1) is 8.83. The summed E-state index contributed by atoms with van der Waals surface area (Å²) >= 11 is 0. The van der Waals surface area contributed by atoms with Crippen molar-refractivity contribution in [2.75, 3.05) is 13.2 Å². The number of hydrogen-bond acceptors (Lipinski definition) is 8. The Morgan fingerprint density at radius 3 is 2.16 bits per heavy atom. The molecule has 19 heavy (non-hydrogen) atoms. The van der Waals surface area contributed by atoms with E-state index < -0.39 is 49.6 Å². The molecule has 0 radical (unpaired) electrons. The summed E-state index contributed by atoms with van der Waals surface area (Å²) in [5.74, 6) is -1.32. The molecule has 0 bridgehead atoms. The molecule has 0 unspecified atom stereocenters. The van der Waals surface area contributed by atoms with Crippen LogP contribution in [0.3, 0.4) is 0 Å². The Labute approximate surface area is 110 Å². The zero-order chi connectivity index (χ0) is 15.0. The van der Waals surface area contributed by atoms with Gasteiger partial charge in [0.05, 0.1) is 6.61 Å². The monoisotopic (exact) mass is 280 g/mol. The highest BCUT2D eigenvalue weighted by Gasteiger charge is 2.34. The first-order valence-electron chi connectivity index (χ1n) is 5.81. The molecule has 0 heterocycles. The average Bonchev–Trinajstić information content (AvgIpc) is 2.40. The van der Waals surface area contributed by atoms with Gasteiger partial charge in [-0.2, -0.15) is 0 Å². The Morgan fingerprint density at radius 2 is 1.74 bits per heavy atom. The van der Waals surface area contributed by atoms with E-state index in [4.69, 9.17) is 9.84 Å². The topological polar surface area (TPSA) is 134 Å². The number of aliphatic hydroxyl groups excluding tert-OH is 4. The summed E-state index contributed by atoms with van der Waals surface area (Å²) in [6, 6.07) is 0. The van der Waals surface area contributed by atoms with Crippen LogP contribution < -0.4 is 0 Å². The van der Waals surface area contributed by atoms with E-state index >= 15 is 0 Å². The maximum Gasteiger partial charge on any atom is 0.305 e. The number of hydrogen-bond donors (Lipinski definition) is 4. The second kappa shape index (κ2) is 8.81. The number of carbonyl (C=O) groups excluding carboxylic acids is 2. The summed E-state index contributed by atoms with van der Waals surface area (Å²) in [4.78, 5) is 21.9. The standard InChI is InChI=1S/C11H20O8/c1-3-9(15)19-8(5-18-6(2)13)11(17)10(16)7(14)4-12/h7-8,10-12,14,16-17H,3-5H2,1-2H3/t7-,8+,10-,11-/m1/s1. The minimum absolute atomic E-state index is 0.0297. The molecule has 0 aliphatic heterocycles. The lowest BCUT2D eigenvalue weighted by atomic mass is 10.0. The van der Waals surface area contributed by atoms with Crippen molar-refractivity contribution in [2.24, 2.45) is 0 Å². The average molecular weight is 280 g/mol. The Balaban J connectivity index is 4.69. The second-order valence-corrected chi connectivity index (χ2v) is 3.92. The van der Waals surface area contributed by atoms with Crippen LogP contribution in [-0.2, 0) is 19.1 Å². The highest BCUT2D eigenvalue weighted by atomic mass is 16.6. The summed E-state index contributed by atoms with van der Waals surface area (Å²) in [5.41, 5.74) is 0. The van der Waals surface area contributed by atoms with Crippen LogP contribution in [0.5, 0.6) is 0 Å². The lowest BCUT2D eigenvalue weighted by molar-refractivity contribution is -0.177. The van der Waals surface area contributed by atoms with E-state index in [9.17, 15) is 24.9 Å². The quantitative estimate of drug-likeness (QED) is 0.373. The van der Waals surface area contributed by atoms with Gasteiger partial charge >= 0.3 is 11.9 Å². The lowest BCUT2D eigenvalue weighted by Crippen LogP contribution is -2.49. The van der Waals surface area contributed by atoms with Gasteiger partial charge in [-0.05, 0) is 0 Å². The van der Waals surface area contributed by atoms with Crippen molar-refractivity contribution in [3.8, 4) is 0 Å². The van der Waals surface area contributed by atoms with Crippen molar-refractivity contribution >= 4 is 11.9 Å². The highest BCUT2D eigenvalue weighted by molar-refractivity contribution is 5.69. The molecule has 0 aromatic carbocycles. The van der Waals surface area contributed by atoms with Gasteiger partial charge in [0.2, 0.25) is 0 Å². The molecule has 4 N–H and O–H groups in total. The summed E-state index contributed by atoms with van der Waals surface area (Å²) in [6.45, 7) is 1.42. The summed E-state index contributed by atoms with van der Waals surface area (Å²) in [5, 5.41) is 37.1. The Morgan fingerprint density at radius 1 is 1.16 bits per heavy atom. The maximum absolute atomic E-state index is 11.2. The molecule has 0 saturated carbocycles. The van der Waals surface area contributed by atoms with Crippen molar-refractivity contribution in [1.82, 2.24) is 0 Å². The number of esters is 2. The zero-order valence-corrected chi connectivity index (χ0v) is 10.9. The first kappa shape index (κ1) is 17.8. The second-order valence-electron chi connectivity index (χ2n) is 3.92. The van der Waals surface area contributed by atoms with Gasteiger partial charge in [-0.15, -0.1) is 0 Å². The third kappa shape index (κ3) is 6.48. The molecule has 0 rings (SSSR count). The fourth-order valence-electron chi connectivity index (χ4n) is 1.21. The number of carbonyl (C=O) groups is 2. The molecule has 0 saturated heterocycles. The van der Waals surface area contributed by atoms with Crippen molar-refractivity contribution in [2.45, 2.75) is 44.7 Å². The van der Waals surface area contributed by atoms with Gasteiger partial charge < -0.3 is 29.9 Å². The third-order valence-electron chi connectivity index (χ3n) is 2.33. The van der Waals surface area contributed by atoms with Gasteiger partial charge in [-0.3, -0.25) is 9.59 Å². The van der Waals surface area contributed by atoms with Crippen LogP contribution in [0.4, 0.5) is 0 Å². The first-order valence-corrected chi connectivity index (χ1v) is 5.81. The largest absolute Gasteiger partial charge is 0.462 e. The normalized spacial score (nSPS) is 17.2. The van der Waals surface area contributed by atoms with E-state index in [0.29, 0.717) is 0 Å². The van der Waals surface area contributed by atoms with Crippen LogP contribution in [0.15, 0.2) is 0 Å². The van der Waals surface area contributed by atoms with E-state index in [1.165, 1.54) is 6.92 Å². The third-order valence-corrected chi connectivity index (χ3v) is 2.33. The van der Waals surface area contributed by atoms with Crippen LogP contribution in [-0.4, -0.2) is 70.0 Å². The fourth-order valence-corrected chi connectivity index (χ4v) is 1.21. The molecule has 4 atom stereocenters. The maximum atomic E-state index is 11.2. The summed E-state index contributed by atoms with van der Waals surface area (Å²) < 4.78 is 9.41. The number of aliphatic hydroxyl groups is 4. The van der Waals surface area contributed by atoms with Crippen molar-refractivity contribution in [3.05, 3.63) is 0 Å². The van der Waals surface area contributed by atoms with Gasteiger partial charge in [-0.25, -0.2) is 0 Å². The molecule has 8 nitrogen and oxygen atoms in total. The summed E-state index contributed by atoms with van der Waals surface area (Å²) in [7, 11) is 0. The SMILES string of the molecule is CCC(=O)O[C@@H](COC(C)=O)[C@@H](O)[C@H](O)[C@H](O)CO. The molecule has 0 amide bonds. The number of ether oxygens (including phenoxy) is 2. The minimum Gasteiger partial charge on any atom is -0.462 e. The van der Waals surface area contributed by atoms with Crippen molar-refractivity contribution in [3.63, 3.8) is 0 Å². The number of rotatable bonds is 8. The van der Waals surface area contributed by atoms with Crippen LogP contribution >= 0.6 is 0 Å². The van der Waals surface area contributed by atoms with Crippen LogP contribution in [0.2, 0.25) is 0 Å². The van der Waals surface area contributed by atoms with Crippen LogP contribution in [0.25, 0.3) is 0 Å². The molecule has 0 spiro atoms. The fraction of sp³-hybridized carbons (Fsp3) is 0.818. The lowest BCUT2D eigenvalue weighted by Gasteiger charge is -2.28. The van der Waals surface area contributed by atoms with Gasteiger partial charge in [0, 0.05) is 13.3 Å². The van der Waals surface area contributed by atoms with Crippen LogP contribution in [0, 0.1) is 0 Å². The van der Waals surface area contributed by atoms with E-state index in [2.05, 4.69) is 4.74 Å². The molecular weight excluding hydrogens is 260 g/mol. The molecule has 112 valence electrons. The molecule has 0 aliphatic rings. The zero-order valence-electron chi connectivity index (χ0n) is 10.9. The van der Waals surface area contributed by atoms with Crippen molar-refractivity contribution < 1.29 is 39.5 Å². The van der Waals surface area contributed by atoms with E-state index in [1.54, 1.807) is 0 Å². The Hall–Kier alpha value is -1.22. The molecular formula is C11H20O8. The molecule has 0 aromatic heterocycles. The van der Waals surface area contributed by atoms with Crippen molar-refractivity contribution in [1.29, 1.82) is 0 Å². The predicted molar refractivity (Wildman–Crippen MR) is 61.9 cm³/mol.